The number of rotatable bonds is 9. The van der Waals surface area contributed by atoms with Crippen molar-refractivity contribution in [1.82, 2.24) is 19.5 Å². The molecule has 0 unspecified atom stereocenters. The molecule has 9 nitrogen and oxygen atoms in total. The minimum absolute atomic E-state index is 0.0548. The first-order valence-electron chi connectivity index (χ1n) is 11.3. The van der Waals surface area contributed by atoms with Gasteiger partial charge < -0.3 is 15.2 Å². The van der Waals surface area contributed by atoms with Crippen molar-refractivity contribution in [2.45, 2.75) is 37.9 Å². The van der Waals surface area contributed by atoms with Gasteiger partial charge in [0.05, 0.1) is 11.3 Å². The molecule has 1 aromatic heterocycles. The Balaban J connectivity index is 1.46. The van der Waals surface area contributed by atoms with Crippen molar-refractivity contribution >= 4 is 45.8 Å². The van der Waals surface area contributed by atoms with Gasteiger partial charge in [0.15, 0.2) is 0 Å². The van der Waals surface area contributed by atoms with Crippen molar-refractivity contribution in [3.8, 4) is 0 Å². The lowest BCUT2D eigenvalue weighted by Gasteiger charge is -2.42. The minimum Gasteiger partial charge on any atom is -0.349 e. The van der Waals surface area contributed by atoms with Gasteiger partial charge in [0.25, 0.3) is 17.4 Å². The fraction of sp³-hybridized carbons (Fsp3) is 0.435. The molecule has 2 fully saturated rings. The first kappa shape index (κ1) is 26.0. The predicted octanol–water partition coefficient (Wildman–Crippen LogP) is 3.30. The molecule has 2 aromatic rings. The quantitative estimate of drug-likeness (QED) is 0.360. The Morgan fingerprint density at radius 1 is 1.06 bits per heavy atom. The van der Waals surface area contributed by atoms with Crippen LogP contribution in [0.5, 0.6) is 0 Å². The molecule has 35 heavy (non-hydrogen) atoms. The molecule has 2 amide bonds. The van der Waals surface area contributed by atoms with Gasteiger partial charge in [-0.05, 0) is 49.1 Å². The third-order valence-electron chi connectivity index (χ3n) is 6.39. The number of nitrogens with one attached hydrogen (secondary N) is 2. The molecule has 4 rings (SSSR count). The Kier molecular flexibility index (Phi) is 7.80. The number of amides is 2. The highest BCUT2D eigenvalue weighted by molar-refractivity contribution is 8.22. The largest absolute Gasteiger partial charge is 0.349 e. The zero-order valence-electron chi connectivity index (χ0n) is 19.0. The highest BCUT2D eigenvalue weighted by atomic mass is 35.5. The Labute approximate surface area is 214 Å². The summed E-state index contributed by atoms with van der Waals surface area (Å²) in [5.41, 5.74) is -0.256. The lowest BCUT2D eigenvalue weighted by atomic mass is 10.2. The Bertz CT molecular complexity index is 1170. The Hall–Kier alpha value is -2.08. The smallest absolute Gasteiger partial charge is 0.268 e. The molecular weight excluding hydrogens is 515 g/mol. The minimum atomic E-state index is -2.80. The average molecular weight is 543 g/mol. The molecule has 1 aliphatic carbocycles. The van der Waals surface area contributed by atoms with E-state index in [0.29, 0.717) is 23.7 Å². The highest BCUT2D eigenvalue weighted by Crippen LogP contribution is 2.59. The summed E-state index contributed by atoms with van der Waals surface area (Å²) >= 11 is 11.8. The van der Waals surface area contributed by atoms with E-state index >= 15 is 0 Å². The zero-order chi connectivity index (χ0) is 25.2. The first-order valence-corrected chi connectivity index (χ1v) is 13.9. The number of pyridine rings is 1. The number of hydrogen-bond donors (Lipinski definition) is 4. The summed E-state index contributed by atoms with van der Waals surface area (Å²) in [5, 5.41) is 6.13. The van der Waals surface area contributed by atoms with Gasteiger partial charge in [0.2, 0.25) is 0 Å². The molecule has 1 saturated heterocycles. The second kappa shape index (κ2) is 10.5. The summed E-state index contributed by atoms with van der Waals surface area (Å²) in [6.45, 7) is 1.08. The number of halogens is 2. The Morgan fingerprint density at radius 3 is 2.37 bits per heavy atom. The molecule has 0 bridgehead atoms. The van der Waals surface area contributed by atoms with Crippen LogP contribution in [0.3, 0.4) is 0 Å². The number of carbonyl (C=O) groups excluding carboxylic acids is 2. The van der Waals surface area contributed by atoms with Gasteiger partial charge in [-0.1, -0.05) is 23.7 Å². The number of benzene rings is 1. The van der Waals surface area contributed by atoms with Crippen LogP contribution in [0.2, 0.25) is 5.02 Å². The fourth-order valence-corrected chi connectivity index (χ4v) is 6.66. The topological polar surface area (TPSA) is 124 Å². The van der Waals surface area contributed by atoms with Gasteiger partial charge in [-0.2, -0.15) is 4.31 Å². The van der Waals surface area contributed by atoms with E-state index < -0.39 is 33.7 Å². The van der Waals surface area contributed by atoms with Gasteiger partial charge in [0, 0.05) is 37.1 Å². The van der Waals surface area contributed by atoms with E-state index in [0.717, 1.165) is 18.4 Å². The van der Waals surface area contributed by atoms with Crippen molar-refractivity contribution < 1.29 is 18.7 Å². The highest BCUT2D eigenvalue weighted by Gasteiger charge is 2.54. The van der Waals surface area contributed by atoms with Crippen molar-refractivity contribution in [3.63, 3.8) is 0 Å². The molecule has 1 aliphatic heterocycles. The second-order valence-electron chi connectivity index (χ2n) is 8.79. The van der Waals surface area contributed by atoms with Crippen LogP contribution in [0.1, 0.15) is 45.7 Å². The maximum absolute atomic E-state index is 13.1. The molecule has 0 radical (unpaired) electrons. The van der Waals surface area contributed by atoms with Crippen LogP contribution < -0.4 is 16.2 Å². The second-order valence-corrected chi connectivity index (χ2v) is 11.7. The van der Waals surface area contributed by atoms with Crippen molar-refractivity contribution in [3.05, 3.63) is 68.6 Å². The monoisotopic (exact) mass is 542 g/mol. The molecule has 2 heterocycles. The van der Waals surface area contributed by atoms with E-state index in [1.807, 2.05) is 0 Å². The number of nitrogens with zero attached hydrogens (tertiary/aromatic N) is 2. The number of alkyl halides is 1. The van der Waals surface area contributed by atoms with Crippen LogP contribution >= 0.6 is 34.0 Å². The van der Waals surface area contributed by atoms with Crippen molar-refractivity contribution in [2.75, 3.05) is 24.7 Å². The molecule has 4 N–H and O–H groups in total. The molecule has 0 spiro atoms. The van der Waals surface area contributed by atoms with Crippen LogP contribution in [0.25, 0.3) is 0 Å². The predicted molar refractivity (Wildman–Crippen MR) is 137 cm³/mol. The SMILES string of the molecule is O=C(NCc1ccc(Cl)cc1)c1ccc(C(=O)NCC2(N3CCCS3(O)O)CC2)n(CCCl)c1=O. The van der Waals surface area contributed by atoms with Gasteiger partial charge in [-0.15, -0.1) is 22.4 Å². The summed E-state index contributed by atoms with van der Waals surface area (Å²) in [6.07, 6.45) is 2.21. The summed E-state index contributed by atoms with van der Waals surface area (Å²) in [4.78, 5) is 38.7. The molecule has 190 valence electrons. The molecular formula is C23H28Cl2N4O5S. The van der Waals surface area contributed by atoms with Crippen LogP contribution in [-0.2, 0) is 13.1 Å². The molecule has 1 saturated carbocycles. The zero-order valence-corrected chi connectivity index (χ0v) is 21.3. The van der Waals surface area contributed by atoms with Crippen molar-refractivity contribution in [1.29, 1.82) is 0 Å². The van der Waals surface area contributed by atoms with Crippen LogP contribution in [0.4, 0.5) is 0 Å². The first-order chi connectivity index (χ1) is 16.7. The summed E-state index contributed by atoms with van der Waals surface area (Å²) in [7, 11) is -2.80. The lowest BCUT2D eigenvalue weighted by Crippen LogP contribution is -2.46. The average Bonchev–Trinajstić information content (AvgIpc) is 3.52. The van der Waals surface area contributed by atoms with E-state index in [1.165, 1.54) is 16.7 Å². The normalized spacial score (nSPS) is 19.2. The summed E-state index contributed by atoms with van der Waals surface area (Å²) < 4.78 is 23.6. The van der Waals surface area contributed by atoms with E-state index in [2.05, 4.69) is 10.6 Å². The van der Waals surface area contributed by atoms with E-state index in [4.69, 9.17) is 23.2 Å². The number of aromatic nitrogens is 1. The molecule has 12 heteroatoms. The maximum Gasteiger partial charge on any atom is 0.268 e. The van der Waals surface area contributed by atoms with Crippen LogP contribution in [0.15, 0.2) is 41.2 Å². The third kappa shape index (κ3) is 5.68. The summed E-state index contributed by atoms with van der Waals surface area (Å²) in [5.74, 6) is -0.618. The van der Waals surface area contributed by atoms with Gasteiger partial charge in [0.1, 0.15) is 11.3 Å². The maximum atomic E-state index is 13.1. The fourth-order valence-electron chi connectivity index (χ4n) is 4.34. The Morgan fingerprint density at radius 2 is 1.77 bits per heavy atom. The van der Waals surface area contributed by atoms with Gasteiger partial charge in [-0.25, -0.2) is 0 Å². The molecule has 1 aromatic carbocycles. The molecule has 2 aliphatic rings. The van der Waals surface area contributed by atoms with E-state index in [-0.39, 0.29) is 36.8 Å². The number of hydrogen-bond acceptors (Lipinski definition) is 6. The standard InChI is InChI=1S/C23H28Cl2N4O5S/c24-10-12-28-19(21(31)27-15-23(8-9-23)29-11-1-13-35(29,33)34)7-6-18(22(28)32)20(30)26-14-16-2-4-17(25)5-3-16/h2-7,33-34H,1,8-15H2,(H,26,30)(H,27,31). The third-order valence-corrected chi connectivity index (χ3v) is 8.93. The summed E-state index contributed by atoms with van der Waals surface area (Å²) in [6, 6.07) is 9.74. The van der Waals surface area contributed by atoms with Crippen molar-refractivity contribution in [2.24, 2.45) is 0 Å². The van der Waals surface area contributed by atoms with Crippen LogP contribution in [-0.4, -0.2) is 60.1 Å². The van der Waals surface area contributed by atoms with Gasteiger partial charge >= 0.3 is 0 Å². The number of carbonyl (C=O) groups is 2. The van der Waals surface area contributed by atoms with E-state index in [1.54, 1.807) is 28.6 Å². The molecule has 0 atom stereocenters. The van der Waals surface area contributed by atoms with Crippen LogP contribution in [0, 0.1) is 0 Å². The van der Waals surface area contributed by atoms with E-state index in [9.17, 15) is 23.5 Å². The van der Waals surface area contributed by atoms with Gasteiger partial charge in [-0.3, -0.25) is 23.5 Å². The lowest BCUT2D eigenvalue weighted by molar-refractivity contribution is 0.0921.